The van der Waals surface area contributed by atoms with Gasteiger partial charge in [-0.05, 0) is 83.9 Å². The molecule has 0 saturated heterocycles. The standard InChI is InChI=1S/C54H32O2/c1-2-15-34-32-35(31-30-33(34)14-1)50-38-18-3-5-20-40(38)51(41-21-6-4-19-39(41)50)52-42(46-26-12-24-44-36-16-7-9-28-48(36)55-53(44)46)22-11-23-43(52)47-27-13-25-45-37-17-8-10-29-49(37)56-54(45)47/h1-32H. The van der Waals surface area contributed by atoms with Crippen LogP contribution in [-0.4, -0.2) is 0 Å². The molecular formula is C54H32O2. The van der Waals surface area contributed by atoms with Crippen molar-refractivity contribution in [3.8, 4) is 44.5 Å². The summed E-state index contributed by atoms with van der Waals surface area (Å²) < 4.78 is 13.5. The van der Waals surface area contributed by atoms with E-state index < -0.39 is 0 Å². The molecule has 10 aromatic carbocycles. The van der Waals surface area contributed by atoms with Gasteiger partial charge in [-0.3, -0.25) is 0 Å². The largest absolute Gasteiger partial charge is 0.455 e. The highest BCUT2D eigenvalue weighted by Crippen LogP contribution is 2.51. The lowest BCUT2D eigenvalue weighted by molar-refractivity contribution is 0.670. The lowest BCUT2D eigenvalue weighted by Gasteiger charge is -2.22. The zero-order valence-corrected chi connectivity index (χ0v) is 30.3. The summed E-state index contributed by atoms with van der Waals surface area (Å²) >= 11 is 0. The first-order chi connectivity index (χ1) is 27.8. The van der Waals surface area contributed by atoms with Crippen molar-refractivity contribution in [1.82, 2.24) is 0 Å². The van der Waals surface area contributed by atoms with Crippen molar-refractivity contribution in [2.75, 3.05) is 0 Å². The third-order valence-corrected chi connectivity index (χ3v) is 11.7. The van der Waals surface area contributed by atoms with Crippen molar-refractivity contribution < 1.29 is 8.83 Å². The minimum absolute atomic E-state index is 0.885. The lowest BCUT2D eigenvalue weighted by Crippen LogP contribution is -1.96. The Hall–Kier alpha value is -7.42. The van der Waals surface area contributed by atoms with E-state index in [1.807, 2.05) is 12.1 Å². The van der Waals surface area contributed by atoms with Gasteiger partial charge in [0.15, 0.2) is 0 Å². The minimum Gasteiger partial charge on any atom is -0.455 e. The molecule has 0 saturated carbocycles. The van der Waals surface area contributed by atoms with Gasteiger partial charge in [0.1, 0.15) is 22.3 Å². The van der Waals surface area contributed by atoms with Crippen molar-refractivity contribution in [2.24, 2.45) is 0 Å². The normalized spacial score (nSPS) is 11.9. The predicted molar refractivity (Wildman–Crippen MR) is 235 cm³/mol. The first kappa shape index (κ1) is 31.0. The summed E-state index contributed by atoms with van der Waals surface area (Å²) in [6.45, 7) is 0. The summed E-state index contributed by atoms with van der Waals surface area (Å²) in [5, 5.41) is 11.7. The molecule has 2 aromatic heterocycles. The molecule has 0 aliphatic heterocycles. The molecule has 0 aliphatic rings. The van der Waals surface area contributed by atoms with Gasteiger partial charge in [-0.1, -0.05) is 176 Å². The topological polar surface area (TPSA) is 26.3 Å². The number of hydrogen-bond acceptors (Lipinski definition) is 2. The highest BCUT2D eigenvalue weighted by molar-refractivity contribution is 6.25. The molecule has 0 aliphatic carbocycles. The highest BCUT2D eigenvalue weighted by atomic mass is 16.3. The Morgan fingerprint density at radius 2 is 0.661 bits per heavy atom. The van der Waals surface area contributed by atoms with Gasteiger partial charge in [-0.25, -0.2) is 0 Å². The minimum atomic E-state index is 0.885. The van der Waals surface area contributed by atoms with Gasteiger partial charge in [-0.15, -0.1) is 0 Å². The van der Waals surface area contributed by atoms with Crippen molar-refractivity contribution in [3.05, 3.63) is 194 Å². The van der Waals surface area contributed by atoms with E-state index in [0.717, 1.165) is 71.7 Å². The smallest absolute Gasteiger partial charge is 0.143 e. The number of furan rings is 2. The van der Waals surface area contributed by atoms with Crippen LogP contribution in [-0.2, 0) is 0 Å². The number of fused-ring (bicyclic) bond motifs is 9. The molecule has 12 rings (SSSR count). The molecule has 0 unspecified atom stereocenters. The second kappa shape index (κ2) is 12.0. The Balaban J connectivity index is 1.25. The van der Waals surface area contributed by atoms with Crippen molar-refractivity contribution >= 4 is 76.2 Å². The van der Waals surface area contributed by atoms with Crippen molar-refractivity contribution in [2.45, 2.75) is 0 Å². The predicted octanol–water partition coefficient (Wildman–Crippen LogP) is 15.6. The van der Waals surface area contributed by atoms with Crippen LogP contribution in [0.4, 0.5) is 0 Å². The maximum absolute atomic E-state index is 6.75. The fourth-order valence-corrected chi connectivity index (χ4v) is 9.24. The van der Waals surface area contributed by atoms with E-state index in [-0.39, 0.29) is 0 Å². The van der Waals surface area contributed by atoms with E-state index in [1.165, 1.54) is 49.0 Å². The SMILES string of the molecule is c1cc(-c2cccc3c2oc2ccccc23)c(-c2c3ccccc3c(-c3ccc4ccccc4c3)c3ccccc23)c(-c2cccc3c2oc2ccccc23)c1. The van der Waals surface area contributed by atoms with Gasteiger partial charge in [0.05, 0.1) is 0 Å². The second-order valence-corrected chi connectivity index (χ2v) is 14.7. The Labute approximate surface area is 322 Å². The van der Waals surface area contributed by atoms with E-state index in [1.54, 1.807) is 0 Å². The lowest BCUT2D eigenvalue weighted by atomic mass is 9.80. The van der Waals surface area contributed by atoms with Crippen LogP contribution in [0, 0.1) is 0 Å². The maximum Gasteiger partial charge on any atom is 0.143 e. The quantitative estimate of drug-likeness (QED) is 0.170. The van der Waals surface area contributed by atoms with E-state index in [2.05, 4.69) is 182 Å². The first-order valence-corrected chi connectivity index (χ1v) is 19.2. The number of rotatable bonds is 4. The van der Waals surface area contributed by atoms with Gasteiger partial charge in [0.2, 0.25) is 0 Å². The van der Waals surface area contributed by atoms with Gasteiger partial charge < -0.3 is 8.83 Å². The number of benzene rings is 10. The Morgan fingerprint density at radius 1 is 0.250 bits per heavy atom. The van der Waals surface area contributed by atoms with E-state index in [4.69, 9.17) is 8.83 Å². The Kier molecular flexibility index (Phi) is 6.66. The van der Waals surface area contributed by atoms with E-state index in [0.29, 0.717) is 0 Å². The maximum atomic E-state index is 6.75. The van der Waals surface area contributed by atoms with Gasteiger partial charge in [0.25, 0.3) is 0 Å². The molecule has 0 amide bonds. The fourth-order valence-electron chi connectivity index (χ4n) is 9.24. The van der Waals surface area contributed by atoms with Crippen LogP contribution in [0.2, 0.25) is 0 Å². The van der Waals surface area contributed by atoms with Gasteiger partial charge in [-0.2, -0.15) is 0 Å². The summed E-state index contributed by atoms with van der Waals surface area (Å²) in [5.74, 6) is 0. The third kappa shape index (κ3) is 4.50. The Morgan fingerprint density at radius 3 is 1.21 bits per heavy atom. The van der Waals surface area contributed by atoms with Crippen molar-refractivity contribution in [1.29, 1.82) is 0 Å². The molecule has 2 heteroatoms. The monoisotopic (exact) mass is 712 g/mol. The average molecular weight is 713 g/mol. The van der Waals surface area contributed by atoms with Crippen LogP contribution >= 0.6 is 0 Å². The van der Waals surface area contributed by atoms with E-state index in [9.17, 15) is 0 Å². The summed E-state index contributed by atoms with van der Waals surface area (Å²) in [5.41, 5.74) is 12.6. The molecule has 0 radical (unpaired) electrons. The highest BCUT2D eigenvalue weighted by Gasteiger charge is 2.25. The molecule has 2 nitrogen and oxygen atoms in total. The third-order valence-electron chi connectivity index (χ3n) is 11.7. The summed E-state index contributed by atoms with van der Waals surface area (Å²) in [6, 6.07) is 69.8. The summed E-state index contributed by atoms with van der Waals surface area (Å²) in [7, 11) is 0. The molecule has 0 spiro atoms. The first-order valence-electron chi connectivity index (χ1n) is 19.2. The fraction of sp³-hybridized carbons (Fsp3) is 0. The molecule has 0 bridgehead atoms. The number of para-hydroxylation sites is 4. The summed E-state index contributed by atoms with van der Waals surface area (Å²) in [4.78, 5) is 0. The molecule has 2 heterocycles. The molecule has 0 N–H and O–H groups in total. The van der Waals surface area contributed by atoms with Crippen LogP contribution in [0.15, 0.2) is 203 Å². The van der Waals surface area contributed by atoms with Crippen LogP contribution in [0.3, 0.4) is 0 Å². The van der Waals surface area contributed by atoms with Crippen LogP contribution < -0.4 is 0 Å². The average Bonchev–Trinajstić information content (AvgIpc) is 3.84. The molecule has 56 heavy (non-hydrogen) atoms. The molecule has 260 valence electrons. The van der Waals surface area contributed by atoms with Crippen LogP contribution in [0.5, 0.6) is 0 Å². The van der Waals surface area contributed by atoms with Crippen LogP contribution in [0.1, 0.15) is 0 Å². The molecule has 0 fully saturated rings. The summed E-state index contributed by atoms with van der Waals surface area (Å²) in [6.07, 6.45) is 0. The Bertz CT molecular complexity index is 3350. The van der Waals surface area contributed by atoms with E-state index >= 15 is 0 Å². The van der Waals surface area contributed by atoms with Crippen molar-refractivity contribution in [3.63, 3.8) is 0 Å². The van der Waals surface area contributed by atoms with Gasteiger partial charge >= 0.3 is 0 Å². The van der Waals surface area contributed by atoms with Crippen LogP contribution in [0.25, 0.3) is 121 Å². The molecule has 12 aromatic rings. The zero-order valence-electron chi connectivity index (χ0n) is 30.3. The molecule has 0 atom stereocenters. The molecular weight excluding hydrogens is 681 g/mol. The second-order valence-electron chi connectivity index (χ2n) is 14.7. The zero-order chi connectivity index (χ0) is 36.7. The number of hydrogen-bond donors (Lipinski definition) is 0. The van der Waals surface area contributed by atoms with Gasteiger partial charge in [0, 0.05) is 32.7 Å².